The monoisotopic (exact) mass is 345 g/mol. The molecule has 0 aromatic heterocycles. The molecule has 2 rings (SSSR count). The van der Waals surface area contributed by atoms with Gasteiger partial charge in [0.15, 0.2) is 0 Å². The molecule has 1 aromatic carbocycles. The van der Waals surface area contributed by atoms with Crippen molar-refractivity contribution in [2.24, 2.45) is 0 Å². The molecular formula is C14H13Cl2NO5. The second-order valence-corrected chi connectivity index (χ2v) is 5.46. The number of nitrogens with one attached hydrogen (secondary N) is 1. The molecule has 0 radical (unpaired) electrons. The number of ketones is 1. The molecule has 1 amide bonds. The third-order valence-electron chi connectivity index (χ3n) is 3.10. The van der Waals surface area contributed by atoms with Crippen LogP contribution in [0.15, 0.2) is 29.8 Å². The van der Waals surface area contributed by atoms with Gasteiger partial charge in [-0.25, -0.2) is 4.79 Å². The Kier molecular flexibility index (Phi) is 4.53. The molecule has 0 fully saturated rings. The second kappa shape index (κ2) is 6.06. The van der Waals surface area contributed by atoms with Crippen LogP contribution in [0.4, 0.5) is 4.79 Å². The third kappa shape index (κ3) is 2.84. The molecule has 1 aliphatic rings. The summed E-state index contributed by atoms with van der Waals surface area (Å²) < 4.78 is 10.1. The fourth-order valence-electron chi connectivity index (χ4n) is 2.01. The van der Waals surface area contributed by atoms with E-state index in [1.165, 1.54) is 19.1 Å². The third-order valence-corrected chi connectivity index (χ3v) is 3.67. The first-order chi connectivity index (χ1) is 10.3. The lowest BCUT2D eigenvalue weighted by molar-refractivity contribution is -0.131. The molecule has 0 saturated heterocycles. The fourth-order valence-corrected chi connectivity index (χ4v) is 2.48. The lowest BCUT2D eigenvalue weighted by Gasteiger charge is -2.24. The van der Waals surface area contributed by atoms with Gasteiger partial charge in [-0.15, -0.1) is 0 Å². The van der Waals surface area contributed by atoms with E-state index in [-0.39, 0.29) is 23.1 Å². The highest BCUT2D eigenvalue weighted by molar-refractivity contribution is 6.34. The number of aliphatic hydroxyl groups is 1. The van der Waals surface area contributed by atoms with Crippen molar-refractivity contribution in [3.63, 3.8) is 0 Å². The van der Waals surface area contributed by atoms with E-state index in [0.29, 0.717) is 5.02 Å². The molecule has 0 saturated carbocycles. The Labute approximate surface area is 136 Å². The Morgan fingerprint density at radius 3 is 2.77 bits per heavy atom. The van der Waals surface area contributed by atoms with Crippen molar-refractivity contribution in [3.05, 3.63) is 45.5 Å². The normalized spacial score (nSPS) is 20.8. The smallest absolute Gasteiger partial charge is 0.414 e. The molecule has 6 nitrogen and oxygen atoms in total. The zero-order valence-electron chi connectivity index (χ0n) is 11.8. The number of aliphatic hydroxyl groups excluding tert-OH is 1. The van der Waals surface area contributed by atoms with E-state index in [1.54, 1.807) is 13.0 Å². The summed E-state index contributed by atoms with van der Waals surface area (Å²) in [5.74, 6) is -1.85. The lowest BCUT2D eigenvalue weighted by Crippen LogP contribution is -2.32. The number of alkyl carbamates (subject to hydrolysis) is 1. The Morgan fingerprint density at radius 1 is 1.45 bits per heavy atom. The first-order valence-electron chi connectivity index (χ1n) is 6.36. The highest BCUT2D eigenvalue weighted by Gasteiger charge is 2.49. The van der Waals surface area contributed by atoms with Crippen LogP contribution in [-0.2, 0) is 19.9 Å². The zero-order chi connectivity index (χ0) is 16.5. The van der Waals surface area contributed by atoms with Crippen LogP contribution in [0.3, 0.4) is 0 Å². The summed E-state index contributed by atoms with van der Waals surface area (Å²) in [4.78, 5) is 23.7. The number of Topliss-reactive ketones (excluding diaryl/α,β-unsaturated/α-hetero) is 1. The van der Waals surface area contributed by atoms with Gasteiger partial charge in [-0.3, -0.25) is 10.1 Å². The van der Waals surface area contributed by atoms with Crippen molar-refractivity contribution in [2.75, 3.05) is 6.61 Å². The van der Waals surface area contributed by atoms with Crippen LogP contribution >= 0.6 is 23.2 Å². The topological polar surface area (TPSA) is 84.9 Å². The van der Waals surface area contributed by atoms with Crippen molar-refractivity contribution in [3.8, 4) is 0 Å². The minimum Gasteiger partial charge on any atom is -0.501 e. The number of carbonyl (C=O) groups is 2. The van der Waals surface area contributed by atoms with Crippen LogP contribution in [0.1, 0.15) is 19.4 Å². The summed E-state index contributed by atoms with van der Waals surface area (Å²) in [6.07, 6.45) is -0.849. The Morgan fingerprint density at radius 2 is 2.14 bits per heavy atom. The zero-order valence-corrected chi connectivity index (χ0v) is 13.3. The second-order valence-electron chi connectivity index (χ2n) is 4.61. The van der Waals surface area contributed by atoms with Gasteiger partial charge in [0.25, 0.3) is 5.78 Å². The van der Waals surface area contributed by atoms with Gasteiger partial charge in [0.05, 0.1) is 6.61 Å². The predicted molar refractivity (Wildman–Crippen MR) is 79.7 cm³/mol. The van der Waals surface area contributed by atoms with Crippen molar-refractivity contribution in [1.82, 2.24) is 5.32 Å². The molecule has 1 aromatic rings. The largest absolute Gasteiger partial charge is 0.501 e. The van der Waals surface area contributed by atoms with Crippen LogP contribution in [-0.4, -0.2) is 23.6 Å². The summed E-state index contributed by atoms with van der Waals surface area (Å²) >= 11 is 12.0. The Bertz CT molecular complexity index is 673. The van der Waals surface area contributed by atoms with E-state index in [9.17, 15) is 14.7 Å². The molecular weight excluding hydrogens is 333 g/mol. The SMILES string of the molecule is CCOC(=O)NC1=C(O)C(=O)C(C)(c2cc(Cl)ccc2Cl)O1. The predicted octanol–water partition coefficient (Wildman–Crippen LogP) is 3.28. The maximum Gasteiger partial charge on any atom is 0.414 e. The van der Waals surface area contributed by atoms with Gasteiger partial charge >= 0.3 is 6.09 Å². The number of ether oxygens (including phenoxy) is 2. The summed E-state index contributed by atoms with van der Waals surface area (Å²) in [6, 6.07) is 4.53. The molecule has 2 N–H and O–H groups in total. The molecule has 22 heavy (non-hydrogen) atoms. The number of carbonyl (C=O) groups excluding carboxylic acids is 2. The summed E-state index contributed by atoms with van der Waals surface area (Å²) in [5, 5.41) is 12.7. The number of hydrogen-bond donors (Lipinski definition) is 2. The number of hydrogen-bond acceptors (Lipinski definition) is 5. The van der Waals surface area contributed by atoms with Gasteiger partial charge < -0.3 is 14.6 Å². The van der Waals surface area contributed by atoms with E-state index < -0.39 is 23.2 Å². The minimum absolute atomic E-state index is 0.130. The number of halogens is 2. The summed E-state index contributed by atoms with van der Waals surface area (Å²) in [5.41, 5.74) is -1.32. The fraction of sp³-hybridized carbons (Fsp3) is 0.286. The van der Waals surface area contributed by atoms with Gasteiger partial charge in [-0.1, -0.05) is 23.2 Å². The molecule has 1 atom stereocenters. The van der Waals surface area contributed by atoms with Crippen molar-refractivity contribution in [1.29, 1.82) is 0 Å². The molecule has 118 valence electrons. The maximum atomic E-state index is 12.3. The van der Waals surface area contributed by atoms with E-state index in [2.05, 4.69) is 10.1 Å². The number of rotatable bonds is 3. The molecule has 0 aliphatic carbocycles. The van der Waals surface area contributed by atoms with Crippen molar-refractivity contribution in [2.45, 2.75) is 19.4 Å². The van der Waals surface area contributed by atoms with E-state index in [0.717, 1.165) is 0 Å². The van der Waals surface area contributed by atoms with Gasteiger partial charge in [-0.2, -0.15) is 0 Å². The molecule has 0 spiro atoms. The molecule has 1 aliphatic heterocycles. The number of benzene rings is 1. The van der Waals surface area contributed by atoms with Crippen LogP contribution in [0, 0.1) is 0 Å². The minimum atomic E-state index is -1.60. The maximum absolute atomic E-state index is 12.3. The average molecular weight is 346 g/mol. The number of amides is 1. The van der Waals surface area contributed by atoms with Crippen molar-refractivity contribution >= 4 is 35.1 Å². The molecule has 1 heterocycles. The first kappa shape index (κ1) is 16.5. The van der Waals surface area contributed by atoms with Crippen molar-refractivity contribution < 1.29 is 24.2 Å². The average Bonchev–Trinajstić information content (AvgIpc) is 2.67. The molecule has 1 unspecified atom stereocenters. The van der Waals surface area contributed by atoms with E-state index in [4.69, 9.17) is 27.9 Å². The Hall–Kier alpha value is -1.92. The first-order valence-corrected chi connectivity index (χ1v) is 7.11. The van der Waals surface area contributed by atoms with Crippen LogP contribution in [0.25, 0.3) is 0 Å². The highest BCUT2D eigenvalue weighted by Crippen LogP contribution is 2.41. The van der Waals surface area contributed by atoms with Gasteiger partial charge in [0.2, 0.25) is 17.2 Å². The quantitative estimate of drug-likeness (QED) is 0.877. The van der Waals surface area contributed by atoms with E-state index in [1.807, 2.05) is 0 Å². The molecule has 0 bridgehead atoms. The summed E-state index contributed by atoms with van der Waals surface area (Å²) in [6.45, 7) is 3.17. The lowest BCUT2D eigenvalue weighted by atomic mass is 9.91. The molecule has 8 heteroatoms. The van der Waals surface area contributed by atoms with Gasteiger partial charge in [0.1, 0.15) is 0 Å². The van der Waals surface area contributed by atoms with Crippen LogP contribution in [0.5, 0.6) is 0 Å². The highest BCUT2D eigenvalue weighted by atomic mass is 35.5. The van der Waals surface area contributed by atoms with Crippen LogP contribution < -0.4 is 5.32 Å². The standard InChI is InChI=1S/C14H13Cl2NO5/c1-3-21-13(20)17-12-10(18)11(19)14(2,22-12)8-6-7(15)4-5-9(8)16/h4-6,18H,3H2,1-2H3,(H,17,20). The summed E-state index contributed by atoms with van der Waals surface area (Å²) in [7, 11) is 0. The van der Waals surface area contributed by atoms with Gasteiger partial charge in [-0.05, 0) is 32.0 Å². The Balaban J connectivity index is 2.34. The van der Waals surface area contributed by atoms with E-state index >= 15 is 0 Å². The van der Waals surface area contributed by atoms with Crippen LogP contribution in [0.2, 0.25) is 10.0 Å². The van der Waals surface area contributed by atoms with Gasteiger partial charge in [0, 0.05) is 15.6 Å².